The molecule has 0 aliphatic rings. The van der Waals surface area contributed by atoms with Crippen molar-refractivity contribution < 1.29 is 44.1 Å². The van der Waals surface area contributed by atoms with E-state index in [1.165, 1.54) is 6.92 Å². The van der Waals surface area contributed by atoms with Crippen molar-refractivity contribution in [1.29, 1.82) is 0 Å². The predicted molar refractivity (Wildman–Crippen MR) is 132 cm³/mol. The third-order valence-corrected chi connectivity index (χ3v) is 5.23. The van der Waals surface area contributed by atoms with Gasteiger partial charge < -0.3 is 42.3 Å². The molecule has 0 radical (unpaired) electrons. The quantitative estimate of drug-likeness (QED) is 0.106. The normalized spacial score (nSPS) is 15.2. The van der Waals surface area contributed by atoms with E-state index in [1.54, 1.807) is 13.8 Å². The summed E-state index contributed by atoms with van der Waals surface area (Å²) in [6.07, 6.45) is -0.377. The molecule has 0 aromatic heterocycles. The van der Waals surface area contributed by atoms with E-state index in [0.717, 1.165) is 0 Å². The molecule has 4 amide bonds. The molecule has 212 valence electrons. The van der Waals surface area contributed by atoms with E-state index in [1.807, 2.05) is 13.8 Å². The fraction of sp³-hybridized carbons (Fsp3) is 0.739. The number of nitrogens with two attached hydrogens (primary N) is 1. The fourth-order valence-corrected chi connectivity index (χ4v) is 3.27. The third-order valence-electron chi connectivity index (χ3n) is 5.23. The molecule has 9 N–H and O–H groups in total. The average Bonchev–Trinajstić information content (AvgIpc) is 2.77. The standard InChI is InChI=1S/C23H41N5O9/c1-11(2)8-14(24)20(33)28-17(10-29)22(35)26-15(6-7-18(30)31)21(34)25-13(5)19(32)27-16(23(36)37)9-12(3)4/h11-17,29H,6-10,24H2,1-5H3,(H,25,34)(H,26,35)(H,27,32)(H,28,33)(H,30,31)(H,36,37)/t13-,14-,15-,16-,17-/m0/s1. The van der Waals surface area contributed by atoms with Crippen LogP contribution in [-0.2, 0) is 28.8 Å². The van der Waals surface area contributed by atoms with Gasteiger partial charge in [-0.15, -0.1) is 0 Å². The molecule has 0 bridgehead atoms. The first-order valence-corrected chi connectivity index (χ1v) is 12.1. The van der Waals surface area contributed by atoms with Crippen LogP contribution in [0.25, 0.3) is 0 Å². The SMILES string of the molecule is CC(C)C[C@H](NC(=O)[C@H](C)NC(=O)[C@H](CCC(=O)O)NC(=O)[C@H](CO)NC(=O)[C@@H](N)CC(C)C)C(=O)O. The first kappa shape index (κ1) is 33.7. The molecule has 14 nitrogen and oxygen atoms in total. The largest absolute Gasteiger partial charge is 0.481 e. The number of amides is 4. The van der Waals surface area contributed by atoms with Crippen LogP contribution in [-0.4, -0.2) is 87.7 Å². The molecule has 0 saturated carbocycles. The second-order valence-electron chi connectivity index (χ2n) is 9.73. The zero-order valence-electron chi connectivity index (χ0n) is 21.9. The van der Waals surface area contributed by atoms with Gasteiger partial charge in [0.1, 0.15) is 24.2 Å². The smallest absolute Gasteiger partial charge is 0.326 e. The first-order valence-electron chi connectivity index (χ1n) is 12.1. The topological polar surface area (TPSA) is 237 Å². The van der Waals surface area contributed by atoms with Crippen LogP contribution < -0.4 is 27.0 Å². The fourth-order valence-electron chi connectivity index (χ4n) is 3.27. The third kappa shape index (κ3) is 13.6. The van der Waals surface area contributed by atoms with Crippen molar-refractivity contribution in [3.8, 4) is 0 Å². The van der Waals surface area contributed by atoms with Gasteiger partial charge in [0.2, 0.25) is 23.6 Å². The molecule has 14 heteroatoms. The predicted octanol–water partition coefficient (Wildman–Crippen LogP) is -1.69. The molecule has 0 heterocycles. The molecule has 0 fully saturated rings. The molecule has 0 saturated heterocycles. The molecule has 0 spiro atoms. The minimum Gasteiger partial charge on any atom is -0.481 e. The molecule has 0 unspecified atom stereocenters. The monoisotopic (exact) mass is 531 g/mol. The van der Waals surface area contributed by atoms with E-state index in [9.17, 15) is 39.0 Å². The number of carboxylic acids is 2. The Morgan fingerprint density at radius 2 is 1.16 bits per heavy atom. The highest BCUT2D eigenvalue weighted by atomic mass is 16.4. The minimum absolute atomic E-state index is 0.0261. The summed E-state index contributed by atoms with van der Waals surface area (Å²) < 4.78 is 0. The Balaban J connectivity index is 5.37. The van der Waals surface area contributed by atoms with Gasteiger partial charge in [-0.05, 0) is 38.0 Å². The van der Waals surface area contributed by atoms with Gasteiger partial charge in [-0.2, -0.15) is 0 Å². The number of nitrogens with one attached hydrogen (secondary N) is 4. The lowest BCUT2D eigenvalue weighted by atomic mass is 10.0. The molecule has 0 aromatic carbocycles. The summed E-state index contributed by atoms with van der Waals surface area (Å²) in [6.45, 7) is 7.74. The second-order valence-corrected chi connectivity index (χ2v) is 9.73. The van der Waals surface area contributed by atoms with Crippen LogP contribution in [0.4, 0.5) is 0 Å². The van der Waals surface area contributed by atoms with Gasteiger partial charge >= 0.3 is 11.9 Å². The molecule has 0 rings (SSSR count). The molecule has 0 aliphatic carbocycles. The number of hydrogen-bond donors (Lipinski definition) is 8. The number of rotatable bonds is 17. The first-order chi connectivity index (χ1) is 17.1. The number of carbonyl (C=O) groups excluding carboxylic acids is 4. The summed E-state index contributed by atoms with van der Waals surface area (Å²) in [6, 6.07) is -6.21. The van der Waals surface area contributed by atoms with Crippen molar-refractivity contribution in [2.75, 3.05) is 6.61 Å². The maximum Gasteiger partial charge on any atom is 0.326 e. The van der Waals surface area contributed by atoms with E-state index in [2.05, 4.69) is 21.3 Å². The summed E-state index contributed by atoms with van der Waals surface area (Å²) >= 11 is 0. The molecule has 5 atom stereocenters. The molecule has 37 heavy (non-hydrogen) atoms. The summed E-state index contributed by atoms with van der Waals surface area (Å²) in [4.78, 5) is 72.6. The maximum atomic E-state index is 12.8. The lowest BCUT2D eigenvalue weighted by molar-refractivity contribution is -0.142. The van der Waals surface area contributed by atoms with Gasteiger partial charge in [0, 0.05) is 6.42 Å². The summed E-state index contributed by atoms with van der Waals surface area (Å²) in [5.41, 5.74) is 5.79. The second kappa shape index (κ2) is 16.5. The molecule has 0 aliphatic heterocycles. The van der Waals surface area contributed by atoms with Gasteiger partial charge in [0.15, 0.2) is 0 Å². The van der Waals surface area contributed by atoms with Crippen LogP contribution in [0.2, 0.25) is 0 Å². The highest BCUT2D eigenvalue weighted by Crippen LogP contribution is 2.06. The Morgan fingerprint density at radius 1 is 0.676 bits per heavy atom. The van der Waals surface area contributed by atoms with Crippen molar-refractivity contribution in [1.82, 2.24) is 21.3 Å². The van der Waals surface area contributed by atoms with Crippen LogP contribution in [0.3, 0.4) is 0 Å². The van der Waals surface area contributed by atoms with E-state index in [4.69, 9.17) is 10.8 Å². The van der Waals surface area contributed by atoms with Crippen molar-refractivity contribution in [2.45, 2.75) is 90.5 Å². The van der Waals surface area contributed by atoms with Gasteiger partial charge in [0.25, 0.3) is 0 Å². The lowest BCUT2D eigenvalue weighted by Gasteiger charge is -2.25. The van der Waals surface area contributed by atoms with Crippen molar-refractivity contribution in [3.63, 3.8) is 0 Å². The Bertz CT molecular complexity index is 818. The van der Waals surface area contributed by atoms with Gasteiger partial charge in [-0.25, -0.2) is 4.79 Å². The Morgan fingerprint density at radius 3 is 1.62 bits per heavy atom. The van der Waals surface area contributed by atoms with Gasteiger partial charge in [-0.3, -0.25) is 24.0 Å². The molecular weight excluding hydrogens is 490 g/mol. The zero-order chi connectivity index (χ0) is 28.9. The van der Waals surface area contributed by atoms with Crippen LogP contribution in [0.1, 0.15) is 60.3 Å². The lowest BCUT2D eigenvalue weighted by Crippen LogP contribution is -2.58. The number of hydrogen-bond acceptors (Lipinski definition) is 8. The summed E-state index contributed by atoms with van der Waals surface area (Å²) in [5, 5.41) is 37.1. The van der Waals surface area contributed by atoms with Crippen molar-refractivity contribution >= 4 is 35.6 Å². The maximum absolute atomic E-state index is 12.8. The number of carboxylic acid groups (broad SMARTS) is 2. The van der Waals surface area contributed by atoms with Gasteiger partial charge in [-0.1, -0.05) is 27.7 Å². The number of carbonyl (C=O) groups is 6. The summed E-state index contributed by atoms with van der Waals surface area (Å²) in [5.74, 6) is -5.76. The highest BCUT2D eigenvalue weighted by molar-refractivity contribution is 5.95. The van der Waals surface area contributed by atoms with Crippen molar-refractivity contribution in [2.24, 2.45) is 17.6 Å². The average molecular weight is 532 g/mol. The van der Waals surface area contributed by atoms with Gasteiger partial charge in [0.05, 0.1) is 12.6 Å². The van der Waals surface area contributed by atoms with E-state index in [0.29, 0.717) is 6.42 Å². The summed E-state index contributed by atoms with van der Waals surface area (Å²) in [7, 11) is 0. The number of aliphatic carboxylic acids is 2. The Hall–Kier alpha value is -3.26. The minimum atomic E-state index is -1.46. The Kier molecular flexibility index (Phi) is 15.0. The van der Waals surface area contributed by atoms with Crippen LogP contribution in [0.5, 0.6) is 0 Å². The number of aliphatic hydroxyl groups is 1. The molecule has 0 aromatic rings. The van der Waals surface area contributed by atoms with Crippen molar-refractivity contribution in [3.05, 3.63) is 0 Å². The Labute approximate surface area is 216 Å². The van der Waals surface area contributed by atoms with Crippen LogP contribution in [0, 0.1) is 11.8 Å². The van der Waals surface area contributed by atoms with E-state index < -0.39 is 78.8 Å². The highest BCUT2D eigenvalue weighted by Gasteiger charge is 2.30. The van der Waals surface area contributed by atoms with Crippen LogP contribution in [0.15, 0.2) is 0 Å². The zero-order valence-corrected chi connectivity index (χ0v) is 21.9. The van der Waals surface area contributed by atoms with Crippen LogP contribution >= 0.6 is 0 Å². The number of aliphatic hydroxyl groups excluding tert-OH is 1. The van der Waals surface area contributed by atoms with E-state index in [-0.39, 0.29) is 24.7 Å². The van der Waals surface area contributed by atoms with E-state index >= 15 is 0 Å². The molecular formula is C23H41N5O9.